The fourth-order valence-electron chi connectivity index (χ4n) is 1.45. The standard InChI is InChI=1S/C12H10F3N3O2S/c1-20-5-10-16-7(6-21-10)11(19)18-9-4-2-3-8(17-9)12(13,14)15/h2-4,6H,5H2,1H3,(H,17,18,19). The number of rotatable bonds is 4. The van der Waals surface area contributed by atoms with Crippen LogP contribution >= 0.6 is 11.3 Å². The third-order valence-electron chi connectivity index (χ3n) is 2.33. The summed E-state index contributed by atoms with van der Waals surface area (Å²) in [6.07, 6.45) is -4.56. The Kier molecular flexibility index (Phi) is 4.53. The highest BCUT2D eigenvalue weighted by Gasteiger charge is 2.32. The number of nitrogens with zero attached hydrogens (tertiary/aromatic N) is 2. The molecule has 2 aromatic heterocycles. The van der Waals surface area contributed by atoms with Crippen molar-refractivity contribution in [3.8, 4) is 0 Å². The number of halogens is 3. The van der Waals surface area contributed by atoms with Gasteiger partial charge in [0.1, 0.15) is 22.2 Å². The van der Waals surface area contributed by atoms with Gasteiger partial charge in [-0.2, -0.15) is 13.2 Å². The Bertz CT molecular complexity index is 643. The molecule has 112 valence electrons. The van der Waals surface area contributed by atoms with E-state index in [0.29, 0.717) is 5.01 Å². The quantitative estimate of drug-likeness (QED) is 0.941. The summed E-state index contributed by atoms with van der Waals surface area (Å²) in [5.41, 5.74) is -0.968. The van der Waals surface area contributed by atoms with E-state index >= 15 is 0 Å². The molecule has 0 radical (unpaired) electrons. The van der Waals surface area contributed by atoms with E-state index in [1.807, 2.05) is 0 Å². The summed E-state index contributed by atoms with van der Waals surface area (Å²) in [6.45, 7) is 0.264. The van der Waals surface area contributed by atoms with Gasteiger partial charge in [0.15, 0.2) is 0 Å². The van der Waals surface area contributed by atoms with Crippen LogP contribution in [0.3, 0.4) is 0 Å². The van der Waals surface area contributed by atoms with Crippen LogP contribution < -0.4 is 5.32 Å². The monoisotopic (exact) mass is 317 g/mol. The minimum Gasteiger partial charge on any atom is -0.378 e. The lowest BCUT2D eigenvalue weighted by atomic mass is 10.3. The number of pyridine rings is 1. The fourth-order valence-corrected chi connectivity index (χ4v) is 2.19. The van der Waals surface area contributed by atoms with Gasteiger partial charge in [-0.05, 0) is 12.1 Å². The third-order valence-corrected chi connectivity index (χ3v) is 3.16. The lowest BCUT2D eigenvalue weighted by Gasteiger charge is -2.07. The van der Waals surface area contributed by atoms with Crippen LogP contribution in [0.1, 0.15) is 21.2 Å². The molecule has 0 bridgehead atoms. The van der Waals surface area contributed by atoms with Crippen LogP contribution in [-0.2, 0) is 17.5 Å². The molecule has 0 spiro atoms. The Morgan fingerprint density at radius 3 is 2.81 bits per heavy atom. The summed E-state index contributed by atoms with van der Waals surface area (Å²) in [5.74, 6) is -0.809. The number of carbonyl (C=O) groups excluding carboxylic acids is 1. The van der Waals surface area contributed by atoms with E-state index in [-0.39, 0.29) is 18.1 Å². The van der Waals surface area contributed by atoms with Gasteiger partial charge in [0, 0.05) is 12.5 Å². The number of methoxy groups -OCH3 is 1. The summed E-state index contributed by atoms with van der Waals surface area (Å²) < 4.78 is 42.4. The topological polar surface area (TPSA) is 64.1 Å². The third kappa shape index (κ3) is 3.99. The molecule has 0 saturated carbocycles. The molecule has 9 heteroatoms. The van der Waals surface area contributed by atoms with E-state index in [0.717, 1.165) is 6.07 Å². The molecule has 2 rings (SSSR count). The Labute approximate surface area is 121 Å². The predicted molar refractivity (Wildman–Crippen MR) is 70.0 cm³/mol. The van der Waals surface area contributed by atoms with Crippen LogP contribution in [0.25, 0.3) is 0 Å². The summed E-state index contributed by atoms with van der Waals surface area (Å²) in [4.78, 5) is 19.2. The number of nitrogens with one attached hydrogen (secondary N) is 1. The fraction of sp³-hybridized carbons (Fsp3) is 0.250. The predicted octanol–water partition coefficient (Wildman–Crippen LogP) is 2.96. The van der Waals surface area contributed by atoms with Crippen molar-refractivity contribution in [3.05, 3.63) is 40.0 Å². The van der Waals surface area contributed by atoms with E-state index in [1.165, 1.54) is 36.0 Å². The molecule has 2 heterocycles. The maximum atomic E-state index is 12.5. The Hall–Kier alpha value is -2.00. The zero-order chi connectivity index (χ0) is 15.5. The number of amides is 1. The first-order valence-electron chi connectivity index (χ1n) is 5.69. The number of hydrogen-bond acceptors (Lipinski definition) is 5. The van der Waals surface area contributed by atoms with Crippen molar-refractivity contribution in [1.82, 2.24) is 9.97 Å². The number of alkyl halides is 3. The molecule has 0 aliphatic rings. The number of hydrogen-bond donors (Lipinski definition) is 1. The van der Waals surface area contributed by atoms with Crippen LogP contribution in [0.4, 0.5) is 19.0 Å². The van der Waals surface area contributed by atoms with E-state index in [1.54, 1.807) is 0 Å². The molecule has 0 aliphatic carbocycles. The van der Waals surface area contributed by atoms with Gasteiger partial charge < -0.3 is 10.1 Å². The maximum Gasteiger partial charge on any atom is 0.433 e. The van der Waals surface area contributed by atoms with Gasteiger partial charge in [0.05, 0.1) is 6.61 Å². The summed E-state index contributed by atoms with van der Waals surface area (Å²) in [7, 11) is 1.49. The van der Waals surface area contributed by atoms with Crippen LogP contribution in [0.15, 0.2) is 23.6 Å². The molecule has 0 unspecified atom stereocenters. The second-order valence-corrected chi connectivity index (χ2v) is 4.86. The molecular weight excluding hydrogens is 307 g/mol. The summed E-state index contributed by atoms with van der Waals surface area (Å²) >= 11 is 1.22. The van der Waals surface area contributed by atoms with Gasteiger partial charge in [-0.25, -0.2) is 9.97 Å². The first-order chi connectivity index (χ1) is 9.90. The highest BCUT2D eigenvalue weighted by molar-refractivity contribution is 7.09. The highest BCUT2D eigenvalue weighted by atomic mass is 32.1. The SMILES string of the molecule is COCc1nc(C(=O)Nc2cccc(C(F)(F)F)n2)cs1. The number of aromatic nitrogens is 2. The molecule has 0 aliphatic heterocycles. The largest absolute Gasteiger partial charge is 0.433 e. The molecular formula is C12H10F3N3O2S. The van der Waals surface area contributed by atoms with Crippen molar-refractivity contribution in [2.45, 2.75) is 12.8 Å². The summed E-state index contributed by atoms with van der Waals surface area (Å²) in [5, 5.41) is 4.37. The Morgan fingerprint density at radius 1 is 1.38 bits per heavy atom. The van der Waals surface area contributed by atoms with Gasteiger partial charge >= 0.3 is 6.18 Å². The van der Waals surface area contributed by atoms with E-state index in [9.17, 15) is 18.0 Å². The van der Waals surface area contributed by atoms with Gasteiger partial charge in [-0.1, -0.05) is 6.07 Å². The minimum absolute atomic E-state index is 0.103. The second-order valence-electron chi connectivity index (χ2n) is 3.92. The molecule has 0 saturated heterocycles. The molecule has 0 fully saturated rings. The van der Waals surface area contributed by atoms with Crippen LogP contribution in [-0.4, -0.2) is 23.0 Å². The summed E-state index contributed by atoms with van der Waals surface area (Å²) in [6, 6.07) is 3.27. The van der Waals surface area contributed by atoms with Gasteiger partial charge in [0.2, 0.25) is 0 Å². The number of carbonyl (C=O) groups is 1. The molecule has 21 heavy (non-hydrogen) atoms. The normalized spacial score (nSPS) is 11.4. The molecule has 1 N–H and O–H groups in total. The zero-order valence-corrected chi connectivity index (χ0v) is 11.6. The van der Waals surface area contributed by atoms with E-state index in [2.05, 4.69) is 15.3 Å². The van der Waals surface area contributed by atoms with Crippen molar-refractivity contribution in [3.63, 3.8) is 0 Å². The average Bonchev–Trinajstić information content (AvgIpc) is 2.87. The number of ether oxygens (including phenoxy) is 1. The number of thiazole rings is 1. The molecule has 0 aromatic carbocycles. The Balaban J connectivity index is 2.12. The second kappa shape index (κ2) is 6.19. The van der Waals surface area contributed by atoms with Crippen molar-refractivity contribution >= 4 is 23.1 Å². The van der Waals surface area contributed by atoms with Crippen LogP contribution in [0.5, 0.6) is 0 Å². The average molecular weight is 317 g/mol. The van der Waals surface area contributed by atoms with Gasteiger partial charge in [-0.15, -0.1) is 11.3 Å². The van der Waals surface area contributed by atoms with Gasteiger partial charge in [0.25, 0.3) is 5.91 Å². The van der Waals surface area contributed by atoms with Crippen molar-refractivity contribution in [2.24, 2.45) is 0 Å². The van der Waals surface area contributed by atoms with Crippen LogP contribution in [0, 0.1) is 0 Å². The maximum absolute atomic E-state index is 12.5. The van der Waals surface area contributed by atoms with Crippen LogP contribution in [0.2, 0.25) is 0 Å². The lowest BCUT2D eigenvalue weighted by Crippen LogP contribution is -2.15. The van der Waals surface area contributed by atoms with E-state index < -0.39 is 17.8 Å². The lowest BCUT2D eigenvalue weighted by molar-refractivity contribution is -0.141. The zero-order valence-electron chi connectivity index (χ0n) is 10.8. The molecule has 0 atom stereocenters. The Morgan fingerprint density at radius 2 is 2.14 bits per heavy atom. The van der Waals surface area contributed by atoms with Crippen molar-refractivity contribution < 1.29 is 22.7 Å². The minimum atomic E-state index is -4.56. The molecule has 5 nitrogen and oxygen atoms in total. The van der Waals surface area contributed by atoms with E-state index in [4.69, 9.17) is 4.74 Å². The first kappa shape index (κ1) is 15.4. The molecule has 1 amide bonds. The smallest absolute Gasteiger partial charge is 0.378 e. The van der Waals surface area contributed by atoms with Crippen molar-refractivity contribution in [2.75, 3.05) is 12.4 Å². The van der Waals surface area contributed by atoms with Gasteiger partial charge in [-0.3, -0.25) is 4.79 Å². The first-order valence-corrected chi connectivity index (χ1v) is 6.57. The van der Waals surface area contributed by atoms with Crippen molar-refractivity contribution in [1.29, 1.82) is 0 Å². The number of anilines is 1. The molecule has 2 aromatic rings. The highest BCUT2D eigenvalue weighted by Crippen LogP contribution is 2.28.